The van der Waals surface area contributed by atoms with E-state index in [-0.39, 0.29) is 12.1 Å². The number of likely N-dealkylation sites (tertiary alicyclic amines) is 1. The maximum atomic E-state index is 13.2. The summed E-state index contributed by atoms with van der Waals surface area (Å²) in [7, 11) is 1.43. The largest absolute Gasteiger partial charge is 0.416 e. The molecule has 1 aliphatic rings. The molecule has 2 aromatic rings. The number of carbonyl (C=O) groups is 2. The highest BCUT2D eigenvalue weighted by atomic mass is 19.4. The first-order chi connectivity index (χ1) is 13.9. The first kappa shape index (κ1) is 21.8. The van der Waals surface area contributed by atoms with Gasteiger partial charge in [0, 0.05) is 38.3 Å². The summed E-state index contributed by atoms with van der Waals surface area (Å²) in [5.74, 6) is -3.37. The van der Waals surface area contributed by atoms with Crippen molar-refractivity contribution in [1.82, 2.24) is 9.88 Å². The SMILES string of the molecule is CN1C[C@H](c2ccc(C(F)(F)F)cc2)[C@@H](C(=O)Cc2cnccc2C(F)(F)F)C1=O. The molecule has 2 heterocycles. The highest BCUT2D eigenvalue weighted by Crippen LogP contribution is 2.37. The van der Waals surface area contributed by atoms with Crippen molar-refractivity contribution in [2.45, 2.75) is 24.7 Å². The van der Waals surface area contributed by atoms with Gasteiger partial charge in [0.15, 0.2) is 0 Å². The average molecular weight is 430 g/mol. The Hall–Kier alpha value is -2.91. The molecule has 1 saturated heterocycles. The van der Waals surface area contributed by atoms with Crippen LogP contribution in [0, 0.1) is 5.92 Å². The van der Waals surface area contributed by atoms with Crippen molar-refractivity contribution in [3.8, 4) is 0 Å². The van der Waals surface area contributed by atoms with E-state index in [0.29, 0.717) is 5.56 Å². The van der Waals surface area contributed by atoms with Gasteiger partial charge < -0.3 is 4.90 Å². The molecule has 2 atom stereocenters. The maximum Gasteiger partial charge on any atom is 0.416 e. The van der Waals surface area contributed by atoms with Crippen LogP contribution in [-0.4, -0.2) is 35.2 Å². The molecule has 1 aliphatic heterocycles. The van der Waals surface area contributed by atoms with Crippen LogP contribution in [0.15, 0.2) is 42.7 Å². The first-order valence-corrected chi connectivity index (χ1v) is 8.84. The van der Waals surface area contributed by atoms with Gasteiger partial charge in [0.2, 0.25) is 5.91 Å². The number of aromatic nitrogens is 1. The Morgan fingerprint density at radius 1 is 1.07 bits per heavy atom. The molecule has 0 aliphatic carbocycles. The molecule has 3 rings (SSSR count). The zero-order valence-corrected chi connectivity index (χ0v) is 15.6. The molecule has 10 heteroatoms. The molecule has 0 N–H and O–H groups in total. The van der Waals surface area contributed by atoms with Crippen molar-refractivity contribution < 1.29 is 35.9 Å². The van der Waals surface area contributed by atoms with Gasteiger partial charge in [0.05, 0.1) is 11.1 Å². The van der Waals surface area contributed by atoms with Crippen molar-refractivity contribution >= 4 is 11.7 Å². The Morgan fingerprint density at radius 3 is 2.27 bits per heavy atom. The number of alkyl halides is 6. The number of carbonyl (C=O) groups excluding carboxylic acids is 2. The zero-order chi connectivity index (χ0) is 22.3. The van der Waals surface area contributed by atoms with E-state index in [1.807, 2.05) is 0 Å². The number of hydrogen-bond donors (Lipinski definition) is 0. The molecule has 1 amide bonds. The number of pyridine rings is 1. The molecule has 1 aromatic carbocycles. The second kappa shape index (κ2) is 7.73. The number of amides is 1. The molecule has 0 bridgehead atoms. The normalized spacial score (nSPS) is 20.0. The lowest BCUT2D eigenvalue weighted by Gasteiger charge is -2.18. The number of halogens is 6. The van der Waals surface area contributed by atoms with Gasteiger partial charge in [-0.25, -0.2) is 0 Å². The summed E-state index contributed by atoms with van der Waals surface area (Å²) in [6.45, 7) is 0.0692. The molecule has 30 heavy (non-hydrogen) atoms. The van der Waals surface area contributed by atoms with E-state index >= 15 is 0 Å². The van der Waals surface area contributed by atoms with Gasteiger partial charge in [-0.15, -0.1) is 0 Å². The summed E-state index contributed by atoms with van der Waals surface area (Å²) in [4.78, 5) is 30.2. The van der Waals surface area contributed by atoms with Crippen LogP contribution in [0.1, 0.15) is 28.2 Å². The second-order valence-electron chi connectivity index (χ2n) is 7.10. The predicted molar refractivity (Wildman–Crippen MR) is 93.3 cm³/mol. The lowest BCUT2D eigenvalue weighted by atomic mass is 9.83. The zero-order valence-electron chi connectivity index (χ0n) is 15.6. The van der Waals surface area contributed by atoms with Crippen molar-refractivity contribution in [3.63, 3.8) is 0 Å². The van der Waals surface area contributed by atoms with Gasteiger partial charge in [-0.2, -0.15) is 26.3 Å². The van der Waals surface area contributed by atoms with Gasteiger partial charge in [-0.1, -0.05) is 12.1 Å². The van der Waals surface area contributed by atoms with E-state index in [0.717, 1.165) is 30.6 Å². The Labute approximate surface area is 167 Å². The third-order valence-electron chi connectivity index (χ3n) is 5.10. The van der Waals surface area contributed by atoms with Gasteiger partial charge in [-0.05, 0) is 29.3 Å². The van der Waals surface area contributed by atoms with Crippen molar-refractivity contribution in [2.24, 2.45) is 5.92 Å². The van der Waals surface area contributed by atoms with Crippen molar-refractivity contribution in [3.05, 3.63) is 65.0 Å². The Balaban J connectivity index is 1.90. The topological polar surface area (TPSA) is 50.3 Å². The Kier molecular flexibility index (Phi) is 5.62. The second-order valence-corrected chi connectivity index (χ2v) is 7.10. The van der Waals surface area contributed by atoms with E-state index in [1.54, 1.807) is 0 Å². The molecule has 4 nitrogen and oxygen atoms in total. The Morgan fingerprint density at radius 2 is 1.70 bits per heavy atom. The molecular formula is C20H16F6N2O2. The molecule has 0 unspecified atom stereocenters. The first-order valence-electron chi connectivity index (χ1n) is 8.84. The summed E-state index contributed by atoms with van der Waals surface area (Å²) in [5.41, 5.74) is -1.92. The van der Waals surface area contributed by atoms with Gasteiger partial charge in [0.25, 0.3) is 0 Å². The van der Waals surface area contributed by atoms with Crippen LogP contribution in [0.4, 0.5) is 26.3 Å². The van der Waals surface area contributed by atoms with Gasteiger partial charge >= 0.3 is 12.4 Å². The molecule has 0 radical (unpaired) electrons. The summed E-state index contributed by atoms with van der Waals surface area (Å²) in [6.07, 6.45) is -8.01. The lowest BCUT2D eigenvalue weighted by Crippen LogP contribution is -2.30. The maximum absolute atomic E-state index is 13.2. The molecule has 0 spiro atoms. The van der Waals surface area contributed by atoms with Crippen LogP contribution in [0.5, 0.6) is 0 Å². The standard InChI is InChI=1S/C20H16F6N2O2/c1-28-10-14(11-2-4-13(5-3-11)19(21,22)23)17(18(28)30)16(29)8-12-9-27-7-6-15(12)20(24,25)26/h2-7,9,14,17H,8,10H2,1H3/t14-,17+/m1/s1. The number of rotatable bonds is 4. The van der Waals surface area contributed by atoms with Crippen LogP contribution in [-0.2, 0) is 28.4 Å². The fourth-order valence-electron chi connectivity index (χ4n) is 3.62. The van der Waals surface area contributed by atoms with Crippen LogP contribution in [0.25, 0.3) is 0 Å². The molecule has 1 fully saturated rings. The summed E-state index contributed by atoms with van der Waals surface area (Å²) in [5, 5.41) is 0. The monoisotopic (exact) mass is 430 g/mol. The van der Waals surface area contributed by atoms with Crippen LogP contribution in [0.3, 0.4) is 0 Å². The highest BCUT2D eigenvalue weighted by molar-refractivity contribution is 6.04. The molecule has 1 aromatic heterocycles. The van der Waals surface area contributed by atoms with Gasteiger partial charge in [-0.3, -0.25) is 14.6 Å². The van der Waals surface area contributed by atoms with E-state index in [9.17, 15) is 35.9 Å². The predicted octanol–water partition coefficient (Wildman–Crippen LogP) is 4.10. The summed E-state index contributed by atoms with van der Waals surface area (Å²) in [6, 6.07) is 4.82. The van der Waals surface area contributed by atoms with E-state index < -0.39 is 53.4 Å². The number of Topliss-reactive ketones (excluding diaryl/α,β-unsaturated/α-hetero) is 1. The minimum atomic E-state index is -4.69. The molecule has 160 valence electrons. The average Bonchev–Trinajstić information content (AvgIpc) is 2.95. The third kappa shape index (κ3) is 4.31. The minimum Gasteiger partial charge on any atom is -0.344 e. The van der Waals surface area contributed by atoms with E-state index in [4.69, 9.17) is 0 Å². The third-order valence-corrected chi connectivity index (χ3v) is 5.10. The smallest absolute Gasteiger partial charge is 0.344 e. The number of benzene rings is 1. The molecule has 0 saturated carbocycles. The van der Waals surface area contributed by atoms with Crippen LogP contribution < -0.4 is 0 Å². The highest BCUT2D eigenvalue weighted by Gasteiger charge is 2.44. The van der Waals surface area contributed by atoms with Gasteiger partial charge in [0.1, 0.15) is 11.7 Å². The van der Waals surface area contributed by atoms with E-state index in [1.165, 1.54) is 24.1 Å². The fourth-order valence-corrected chi connectivity index (χ4v) is 3.62. The van der Waals surface area contributed by atoms with Crippen molar-refractivity contribution in [2.75, 3.05) is 13.6 Å². The van der Waals surface area contributed by atoms with Crippen LogP contribution in [0.2, 0.25) is 0 Å². The Bertz CT molecular complexity index is 953. The number of ketones is 1. The number of likely N-dealkylation sites (N-methyl/N-ethyl adjacent to an activating group) is 1. The lowest BCUT2D eigenvalue weighted by molar-refractivity contribution is -0.139. The van der Waals surface area contributed by atoms with Crippen molar-refractivity contribution in [1.29, 1.82) is 0 Å². The summed E-state index contributed by atoms with van der Waals surface area (Å²) < 4.78 is 77.9. The number of nitrogens with zero attached hydrogens (tertiary/aromatic N) is 2. The van der Waals surface area contributed by atoms with E-state index in [2.05, 4.69) is 4.98 Å². The minimum absolute atomic E-state index is 0.0692. The quantitative estimate of drug-likeness (QED) is 0.542. The number of hydrogen-bond acceptors (Lipinski definition) is 3. The van der Waals surface area contributed by atoms with Crippen LogP contribution >= 0.6 is 0 Å². The molecular weight excluding hydrogens is 414 g/mol. The fraction of sp³-hybridized carbons (Fsp3) is 0.350. The summed E-state index contributed by atoms with van der Waals surface area (Å²) >= 11 is 0.